The molecule has 1 heterocycles. The van der Waals surface area contributed by atoms with Crippen LogP contribution in [0.3, 0.4) is 0 Å². The molecule has 0 bridgehead atoms. The van der Waals surface area contributed by atoms with E-state index in [1.807, 2.05) is 24.3 Å². The highest BCUT2D eigenvalue weighted by Gasteiger charge is 2.25. The molecule has 1 fully saturated rings. The summed E-state index contributed by atoms with van der Waals surface area (Å²) in [5.41, 5.74) is 3.87. The molecule has 1 aliphatic heterocycles. The third kappa shape index (κ3) is 5.81. The molecule has 0 aliphatic carbocycles. The van der Waals surface area contributed by atoms with Crippen molar-refractivity contribution in [3.8, 4) is 5.75 Å². The fourth-order valence-corrected chi connectivity index (χ4v) is 3.66. The number of ether oxygens (including phenoxy) is 1. The van der Waals surface area contributed by atoms with Crippen LogP contribution in [0.4, 0.5) is 0 Å². The van der Waals surface area contributed by atoms with Crippen molar-refractivity contribution in [3.05, 3.63) is 65.2 Å². The Morgan fingerprint density at radius 2 is 1.78 bits per heavy atom. The number of carbonyl (C=O) groups is 1. The number of carbonyl (C=O) groups excluding carboxylic acids is 1. The third-order valence-corrected chi connectivity index (χ3v) is 5.40. The van der Waals surface area contributed by atoms with Crippen molar-refractivity contribution in [1.29, 1.82) is 0 Å². The van der Waals surface area contributed by atoms with Crippen LogP contribution in [0.5, 0.6) is 5.75 Å². The van der Waals surface area contributed by atoms with Gasteiger partial charge in [0.15, 0.2) is 6.54 Å². The fraction of sp³-hybridized carbons (Fsp3) is 0.409. The van der Waals surface area contributed by atoms with Crippen LogP contribution in [0, 0.1) is 6.92 Å². The second-order valence-electron chi connectivity index (χ2n) is 7.41. The highest BCUT2D eigenvalue weighted by molar-refractivity contribution is 5.76. The first-order valence-electron chi connectivity index (χ1n) is 9.75. The van der Waals surface area contributed by atoms with Gasteiger partial charge < -0.3 is 19.9 Å². The first kappa shape index (κ1) is 19.4. The highest BCUT2D eigenvalue weighted by atomic mass is 16.5. The molecule has 27 heavy (non-hydrogen) atoms. The topological polar surface area (TPSA) is 47.2 Å². The maximum Gasteiger partial charge on any atom is 0.275 e. The fourth-order valence-electron chi connectivity index (χ4n) is 3.66. The summed E-state index contributed by atoms with van der Waals surface area (Å²) in [4.78, 5) is 15.3. The monoisotopic (exact) mass is 369 g/mol. The summed E-state index contributed by atoms with van der Waals surface area (Å²) in [6, 6.07) is 16.5. The van der Waals surface area contributed by atoms with Crippen molar-refractivity contribution in [3.63, 3.8) is 0 Å². The molecule has 0 atom stereocenters. The Balaban J connectivity index is 1.39. The zero-order valence-electron chi connectivity index (χ0n) is 16.4. The van der Waals surface area contributed by atoms with Gasteiger partial charge in [0.25, 0.3) is 5.91 Å². The van der Waals surface area contributed by atoms with Gasteiger partial charge in [-0.25, -0.2) is 0 Å². The average Bonchev–Trinajstić information content (AvgIpc) is 2.70. The number of hydrogen-bond donors (Lipinski definition) is 3. The zero-order valence-corrected chi connectivity index (χ0v) is 16.4. The van der Waals surface area contributed by atoms with E-state index in [4.69, 9.17) is 4.74 Å². The standard InChI is InChI=1S/C22H29N3O2/c1-18-6-3-4-8-20(18)16-24-10-12-25(13-11-24)17-22(26)23-15-19-7-5-9-21(14-19)27-2/h3-9,14H,10-13,15-17H2,1-2H3,(H,23,26)/p+2. The normalized spacial score (nSPS) is 19.5. The Hall–Kier alpha value is -2.37. The van der Waals surface area contributed by atoms with E-state index in [2.05, 4.69) is 36.5 Å². The minimum Gasteiger partial charge on any atom is -0.497 e. The quantitative estimate of drug-likeness (QED) is 0.622. The molecule has 1 amide bonds. The van der Waals surface area contributed by atoms with E-state index >= 15 is 0 Å². The molecule has 0 aromatic heterocycles. The van der Waals surface area contributed by atoms with Gasteiger partial charge in [-0.1, -0.05) is 36.4 Å². The van der Waals surface area contributed by atoms with Gasteiger partial charge in [0.05, 0.1) is 7.11 Å². The maximum atomic E-state index is 12.3. The number of methoxy groups -OCH3 is 1. The van der Waals surface area contributed by atoms with Crippen molar-refractivity contribution < 1.29 is 19.3 Å². The summed E-state index contributed by atoms with van der Waals surface area (Å²) < 4.78 is 5.22. The van der Waals surface area contributed by atoms with Crippen LogP contribution in [0.15, 0.2) is 48.5 Å². The number of amides is 1. The molecule has 0 saturated carbocycles. The minimum absolute atomic E-state index is 0.121. The van der Waals surface area contributed by atoms with E-state index in [0.29, 0.717) is 13.1 Å². The van der Waals surface area contributed by atoms with Gasteiger partial charge in [0.1, 0.15) is 38.5 Å². The van der Waals surface area contributed by atoms with E-state index in [1.165, 1.54) is 16.0 Å². The van der Waals surface area contributed by atoms with E-state index < -0.39 is 0 Å². The number of rotatable bonds is 7. The lowest BCUT2D eigenvalue weighted by molar-refractivity contribution is -1.02. The largest absolute Gasteiger partial charge is 0.497 e. The van der Waals surface area contributed by atoms with Crippen molar-refractivity contribution >= 4 is 5.91 Å². The van der Waals surface area contributed by atoms with Crippen LogP contribution < -0.4 is 19.9 Å². The Labute approximate surface area is 161 Å². The van der Waals surface area contributed by atoms with Crippen LogP contribution in [-0.4, -0.2) is 45.7 Å². The Morgan fingerprint density at radius 3 is 2.52 bits per heavy atom. The summed E-state index contributed by atoms with van der Waals surface area (Å²) in [6.45, 7) is 8.71. The van der Waals surface area contributed by atoms with Gasteiger partial charge in [0.2, 0.25) is 0 Å². The van der Waals surface area contributed by atoms with Gasteiger partial charge in [-0.15, -0.1) is 0 Å². The second-order valence-corrected chi connectivity index (χ2v) is 7.41. The van der Waals surface area contributed by atoms with Crippen LogP contribution in [0.1, 0.15) is 16.7 Å². The Bertz CT molecular complexity index is 755. The van der Waals surface area contributed by atoms with Crippen molar-refractivity contribution in [2.75, 3.05) is 39.8 Å². The lowest BCUT2D eigenvalue weighted by Crippen LogP contribution is -3.28. The van der Waals surface area contributed by atoms with E-state index in [-0.39, 0.29) is 5.91 Å². The number of nitrogens with one attached hydrogen (secondary N) is 3. The van der Waals surface area contributed by atoms with Crippen molar-refractivity contribution in [2.24, 2.45) is 0 Å². The van der Waals surface area contributed by atoms with Gasteiger partial charge in [0, 0.05) is 12.1 Å². The summed E-state index contributed by atoms with van der Waals surface area (Å²) in [6.07, 6.45) is 0. The van der Waals surface area contributed by atoms with Crippen LogP contribution in [0.25, 0.3) is 0 Å². The molecule has 5 heteroatoms. The second kappa shape index (κ2) is 9.53. The SMILES string of the molecule is COc1cccc(CNC(=O)C[NH+]2CC[NH+](Cc3ccccc3C)CC2)c1. The molecular weight excluding hydrogens is 338 g/mol. The lowest BCUT2D eigenvalue weighted by Gasteiger charge is -2.29. The molecular formula is C22H31N3O2+2. The zero-order chi connectivity index (χ0) is 19.1. The van der Waals surface area contributed by atoms with Crippen molar-refractivity contribution in [1.82, 2.24) is 5.32 Å². The van der Waals surface area contributed by atoms with Gasteiger partial charge in [-0.2, -0.15) is 0 Å². The molecule has 2 aromatic rings. The van der Waals surface area contributed by atoms with Crippen LogP contribution in [-0.2, 0) is 17.9 Å². The van der Waals surface area contributed by atoms with Crippen LogP contribution >= 0.6 is 0 Å². The highest BCUT2D eigenvalue weighted by Crippen LogP contribution is 2.11. The molecule has 0 spiro atoms. The molecule has 2 aromatic carbocycles. The Morgan fingerprint density at radius 1 is 1.04 bits per heavy atom. The molecule has 3 rings (SSSR count). The Kier molecular flexibility index (Phi) is 6.85. The maximum absolute atomic E-state index is 12.3. The first-order chi connectivity index (χ1) is 13.1. The summed E-state index contributed by atoms with van der Waals surface area (Å²) >= 11 is 0. The third-order valence-electron chi connectivity index (χ3n) is 5.40. The minimum atomic E-state index is 0.121. The summed E-state index contributed by atoms with van der Waals surface area (Å²) in [5, 5.41) is 3.03. The van der Waals surface area contributed by atoms with Gasteiger partial charge >= 0.3 is 0 Å². The van der Waals surface area contributed by atoms with E-state index in [0.717, 1.165) is 44.0 Å². The number of benzene rings is 2. The number of piperazine rings is 1. The molecule has 144 valence electrons. The summed E-state index contributed by atoms with van der Waals surface area (Å²) in [7, 11) is 1.65. The number of hydrogen-bond acceptors (Lipinski definition) is 2. The summed E-state index contributed by atoms with van der Waals surface area (Å²) in [5.74, 6) is 0.940. The number of aryl methyl sites for hydroxylation is 1. The van der Waals surface area contributed by atoms with Gasteiger partial charge in [-0.05, 0) is 30.2 Å². The van der Waals surface area contributed by atoms with E-state index in [9.17, 15) is 4.79 Å². The lowest BCUT2D eigenvalue weighted by atomic mass is 10.1. The molecule has 0 radical (unpaired) electrons. The molecule has 3 N–H and O–H groups in total. The first-order valence-corrected chi connectivity index (χ1v) is 9.75. The molecule has 0 unspecified atom stereocenters. The van der Waals surface area contributed by atoms with Crippen LogP contribution in [0.2, 0.25) is 0 Å². The molecule has 5 nitrogen and oxygen atoms in total. The molecule has 1 aliphatic rings. The molecule has 1 saturated heterocycles. The van der Waals surface area contributed by atoms with E-state index in [1.54, 1.807) is 12.0 Å². The van der Waals surface area contributed by atoms with Crippen molar-refractivity contribution in [2.45, 2.75) is 20.0 Å². The average molecular weight is 370 g/mol. The van der Waals surface area contributed by atoms with Gasteiger partial charge in [-0.3, -0.25) is 4.79 Å². The predicted octanol–water partition coefficient (Wildman–Crippen LogP) is -0.397. The predicted molar refractivity (Wildman–Crippen MR) is 106 cm³/mol. The smallest absolute Gasteiger partial charge is 0.275 e. The number of quaternary nitrogens is 2.